The number of carbonyl (C=O) groups is 2. The summed E-state index contributed by atoms with van der Waals surface area (Å²) in [5.41, 5.74) is 3.66. The van der Waals surface area contributed by atoms with E-state index in [-0.39, 0.29) is 24.3 Å². The van der Waals surface area contributed by atoms with E-state index in [2.05, 4.69) is 4.90 Å². The molecular formula is C28H28N2O5. The Kier molecular flexibility index (Phi) is 6.17. The van der Waals surface area contributed by atoms with Crippen LogP contribution in [0.1, 0.15) is 29.2 Å². The van der Waals surface area contributed by atoms with E-state index in [9.17, 15) is 9.59 Å². The molecule has 2 aliphatic rings. The molecule has 2 heterocycles. The summed E-state index contributed by atoms with van der Waals surface area (Å²) in [5, 5.41) is 0. The van der Waals surface area contributed by atoms with E-state index in [1.807, 2.05) is 54.6 Å². The van der Waals surface area contributed by atoms with Gasteiger partial charge in [0, 0.05) is 12.1 Å². The molecule has 7 nitrogen and oxygen atoms in total. The largest absolute Gasteiger partial charge is 0.496 e. The molecule has 1 saturated heterocycles. The Labute approximate surface area is 204 Å². The molecule has 2 amide bonds. The Hall–Kier alpha value is -3.84. The van der Waals surface area contributed by atoms with E-state index in [1.54, 1.807) is 33.5 Å². The number of anilines is 1. The van der Waals surface area contributed by atoms with Gasteiger partial charge >= 0.3 is 0 Å². The number of carbonyl (C=O) groups excluding carboxylic acids is 2. The van der Waals surface area contributed by atoms with Crippen LogP contribution in [-0.4, -0.2) is 50.6 Å². The monoisotopic (exact) mass is 472 g/mol. The fourth-order valence-corrected chi connectivity index (χ4v) is 5.26. The Morgan fingerprint density at radius 3 is 2.14 bits per heavy atom. The minimum atomic E-state index is -0.584. The number of rotatable bonds is 6. The van der Waals surface area contributed by atoms with Crippen molar-refractivity contribution >= 4 is 17.5 Å². The van der Waals surface area contributed by atoms with E-state index < -0.39 is 6.04 Å². The van der Waals surface area contributed by atoms with Crippen molar-refractivity contribution in [1.29, 1.82) is 0 Å². The molecule has 2 aliphatic heterocycles. The quantitative estimate of drug-likeness (QED) is 0.506. The highest BCUT2D eigenvalue weighted by Gasteiger charge is 2.47. The number of para-hydroxylation sites is 2. The molecule has 0 radical (unpaired) electrons. The topological polar surface area (TPSA) is 68.3 Å². The van der Waals surface area contributed by atoms with Crippen molar-refractivity contribution in [3.8, 4) is 17.2 Å². The standard InChI is InChI=1S/C28H28N2O5/c1-33-23-12-8-7-11-20(23)27-21-16-25(35-3)24(34-2)15-18(21)13-14-29(27)22-17-26(31)30(28(22)32)19-9-5-4-6-10-19/h4-12,15-16,22,27H,13-14,17H2,1-3H3. The molecule has 0 aliphatic carbocycles. The number of amides is 2. The smallest absolute Gasteiger partial charge is 0.251 e. The fraction of sp³-hybridized carbons (Fsp3) is 0.286. The Morgan fingerprint density at radius 1 is 0.771 bits per heavy atom. The van der Waals surface area contributed by atoms with Crippen LogP contribution in [0.5, 0.6) is 17.2 Å². The van der Waals surface area contributed by atoms with E-state index >= 15 is 0 Å². The first-order chi connectivity index (χ1) is 17.1. The number of hydrogen-bond donors (Lipinski definition) is 0. The number of imide groups is 1. The maximum absolute atomic E-state index is 13.7. The molecule has 0 saturated carbocycles. The third-order valence-corrected chi connectivity index (χ3v) is 6.88. The first-order valence-corrected chi connectivity index (χ1v) is 11.6. The van der Waals surface area contributed by atoms with Gasteiger partial charge in [0.15, 0.2) is 11.5 Å². The summed E-state index contributed by atoms with van der Waals surface area (Å²) in [7, 11) is 4.88. The van der Waals surface area contributed by atoms with Gasteiger partial charge in [-0.2, -0.15) is 0 Å². The van der Waals surface area contributed by atoms with Crippen LogP contribution >= 0.6 is 0 Å². The molecule has 2 atom stereocenters. The molecule has 0 aromatic heterocycles. The van der Waals surface area contributed by atoms with Crippen LogP contribution in [0.15, 0.2) is 66.7 Å². The van der Waals surface area contributed by atoms with E-state index in [1.165, 1.54) is 4.90 Å². The maximum Gasteiger partial charge on any atom is 0.251 e. The van der Waals surface area contributed by atoms with Crippen LogP contribution in [-0.2, 0) is 16.0 Å². The van der Waals surface area contributed by atoms with Crippen molar-refractivity contribution in [1.82, 2.24) is 4.90 Å². The summed E-state index contributed by atoms with van der Waals surface area (Å²) in [6.07, 6.45) is 0.840. The summed E-state index contributed by atoms with van der Waals surface area (Å²) >= 11 is 0. The predicted octanol–water partition coefficient (Wildman–Crippen LogP) is 3.99. The maximum atomic E-state index is 13.7. The Bertz CT molecular complexity index is 1260. The molecule has 0 bridgehead atoms. The SMILES string of the molecule is COc1cc2c(cc1OC)C(c1ccccc1OC)N(C1CC(=O)N(c3ccccc3)C1=O)CC2. The highest BCUT2D eigenvalue weighted by atomic mass is 16.5. The molecule has 3 aromatic carbocycles. The zero-order chi connectivity index (χ0) is 24.5. The zero-order valence-corrected chi connectivity index (χ0v) is 20.1. The average molecular weight is 473 g/mol. The second-order valence-electron chi connectivity index (χ2n) is 8.66. The van der Waals surface area contributed by atoms with E-state index in [4.69, 9.17) is 14.2 Å². The van der Waals surface area contributed by atoms with Gasteiger partial charge in [-0.05, 0) is 47.9 Å². The molecule has 2 unspecified atom stereocenters. The van der Waals surface area contributed by atoms with Gasteiger partial charge in [-0.3, -0.25) is 14.5 Å². The molecule has 180 valence electrons. The summed E-state index contributed by atoms with van der Waals surface area (Å²) in [5.74, 6) is 1.61. The van der Waals surface area contributed by atoms with Crippen LogP contribution in [0.25, 0.3) is 0 Å². The molecule has 0 spiro atoms. The van der Waals surface area contributed by atoms with Crippen LogP contribution in [0, 0.1) is 0 Å². The lowest BCUT2D eigenvalue weighted by Gasteiger charge is -2.41. The Morgan fingerprint density at radius 2 is 1.43 bits per heavy atom. The first-order valence-electron chi connectivity index (χ1n) is 11.6. The van der Waals surface area contributed by atoms with Crippen molar-refractivity contribution in [2.75, 3.05) is 32.8 Å². The second-order valence-corrected chi connectivity index (χ2v) is 8.66. The summed E-state index contributed by atoms with van der Waals surface area (Å²) in [6.45, 7) is 0.609. The molecule has 0 N–H and O–H groups in total. The predicted molar refractivity (Wildman–Crippen MR) is 132 cm³/mol. The van der Waals surface area contributed by atoms with Gasteiger partial charge in [-0.15, -0.1) is 0 Å². The van der Waals surface area contributed by atoms with Gasteiger partial charge < -0.3 is 14.2 Å². The minimum absolute atomic E-state index is 0.127. The van der Waals surface area contributed by atoms with Crippen molar-refractivity contribution in [2.24, 2.45) is 0 Å². The Balaban J connectivity index is 1.62. The van der Waals surface area contributed by atoms with Gasteiger partial charge in [-0.25, -0.2) is 4.90 Å². The fourth-order valence-electron chi connectivity index (χ4n) is 5.26. The summed E-state index contributed by atoms with van der Waals surface area (Å²) in [6, 6.07) is 20.0. The number of hydrogen-bond acceptors (Lipinski definition) is 6. The zero-order valence-electron chi connectivity index (χ0n) is 20.1. The third kappa shape index (κ3) is 3.91. The van der Waals surface area contributed by atoms with Crippen molar-refractivity contribution in [2.45, 2.75) is 24.9 Å². The van der Waals surface area contributed by atoms with Gasteiger partial charge in [-0.1, -0.05) is 36.4 Å². The van der Waals surface area contributed by atoms with Gasteiger partial charge in [0.25, 0.3) is 5.91 Å². The normalized spacial score (nSPS) is 20.0. The highest BCUT2D eigenvalue weighted by molar-refractivity contribution is 6.22. The lowest BCUT2D eigenvalue weighted by Crippen LogP contribution is -2.47. The summed E-state index contributed by atoms with van der Waals surface area (Å²) in [4.78, 5) is 30.2. The lowest BCUT2D eigenvalue weighted by molar-refractivity contribution is -0.123. The number of methoxy groups -OCH3 is 3. The minimum Gasteiger partial charge on any atom is -0.496 e. The summed E-state index contributed by atoms with van der Waals surface area (Å²) < 4.78 is 16.9. The molecule has 3 aromatic rings. The van der Waals surface area contributed by atoms with E-state index in [0.717, 1.165) is 22.4 Å². The first kappa shape index (κ1) is 22.9. The van der Waals surface area contributed by atoms with Crippen LogP contribution in [0.4, 0.5) is 5.69 Å². The molecule has 5 rings (SSSR count). The van der Waals surface area contributed by atoms with Crippen LogP contribution in [0.3, 0.4) is 0 Å². The lowest BCUT2D eigenvalue weighted by atomic mass is 9.86. The van der Waals surface area contributed by atoms with Crippen LogP contribution < -0.4 is 19.1 Å². The van der Waals surface area contributed by atoms with Gasteiger partial charge in [0.1, 0.15) is 5.75 Å². The van der Waals surface area contributed by atoms with Gasteiger partial charge in [0.05, 0.1) is 45.5 Å². The van der Waals surface area contributed by atoms with Crippen molar-refractivity contribution < 1.29 is 23.8 Å². The average Bonchev–Trinajstić information content (AvgIpc) is 3.20. The number of fused-ring (bicyclic) bond motifs is 1. The second kappa shape index (κ2) is 9.43. The van der Waals surface area contributed by atoms with Crippen LogP contribution in [0.2, 0.25) is 0 Å². The van der Waals surface area contributed by atoms with Crippen molar-refractivity contribution in [3.05, 3.63) is 83.4 Å². The molecule has 7 heteroatoms. The third-order valence-electron chi connectivity index (χ3n) is 6.88. The number of ether oxygens (including phenoxy) is 3. The van der Waals surface area contributed by atoms with Crippen molar-refractivity contribution in [3.63, 3.8) is 0 Å². The van der Waals surface area contributed by atoms with Gasteiger partial charge in [0.2, 0.25) is 5.91 Å². The number of benzene rings is 3. The van der Waals surface area contributed by atoms with E-state index in [0.29, 0.717) is 30.2 Å². The number of nitrogens with zero attached hydrogens (tertiary/aromatic N) is 2. The highest BCUT2D eigenvalue weighted by Crippen LogP contribution is 2.45. The molecule has 1 fully saturated rings. The molecule has 35 heavy (non-hydrogen) atoms. The molecular weight excluding hydrogens is 444 g/mol.